The molecule has 1 fully saturated rings. The second-order valence-corrected chi connectivity index (χ2v) is 7.79. The van der Waals surface area contributed by atoms with Crippen LogP contribution in [0.2, 0.25) is 0 Å². The van der Waals surface area contributed by atoms with Gasteiger partial charge >= 0.3 is 0 Å². The number of tetrazole rings is 1. The number of hydrogen-bond acceptors (Lipinski definition) is 6. The van der Waals surface area contributed by atoms with Gasteiger partial charge < -0.3 is 4.90 Å². The summed E-state index contributed by atoms with van der Waals surface area (Å²) in [7, 11) is 0. The van der Waals surface area contributed by atoms with E-state index in [0.29, 0.717) is 13.0 Å². The Labute approximate surface area is 162 Å². The number of rotatable bonds is 5. The lowest BCUT2D eigenvalue weighted by Crippen LogP contribution is -2.48. The molecule has 0 atom stereocenters. The van der Waals surface area contributed by atoms with Gasteiger partial charge in [0.25, 0.3) is 0 Å². The predicted octanol–water partition coefficient (Wildman–Crippen LogP) is 1.92. The van der Waals surface area contributed by atoms with Crippen LogP contribution in [0, 0.1) is 6.92 Å². The molecule has 2 aromatic heterocycles. The summed E-state index contributed by atoms with van der Waals surface area (Å²) >= 11 is 1.64. The van der Waals surface area contributed by atoms with Crippen LogP contribution in [-0.2, 0) is 17.8 Å². The second kappa shape index (κ2) is 7.98. The third kappa shape index (κ3) is 4.23. The molecule has 1 amide bonds. The van der Waals surface area contributed by atoms with Gasteiger partial charge in [0.05, 0.1) is 18.7 Å². The number of carbonyl (C=O) groups excluding carboxylic acids is 1. The van der Waals surface area contributed by atoms with Crippen molar-refractivity contribution in [2.75, 3.05) is 26.2 Å². The summed E-state index contributed by atoms with van der Waals surface area (Å²) in [6, 6.07) is 12.2. The molecular formula is C19H22N6OS. The van der Waals surface area contributed by atoms with Crippen LogP contribution >= 0.6 is 11.3 Å². The molecule has 3 aromatic rings. The summed E-state index contributed by atoms with van der Waals surface area (Å²) in [5.41, 5.74) is 2.17. The first-order valence-electron chi connectivity index (χ1n) is 9.06. The van der Waals surface area contributed by atoms with Gasteiger partial charge in [0.15, 0.2) is 5.82 Å². The average molecular weight is 382 g/mol. The Morgan fingerprint density at radius 2 is 1.89 bits per heavy atom. The van der Waals surface area contributed by atoms with Gasteiger partial charge in [0.2, 0.25) is 5.91 Å². The van der Waals surface area contributed by atoms with Crippen molar-refractivity contribution < 1.29 is 4.79 Å². The van der Waals surface area contributed by atoms with Crippen molar-refractivity contribution in [2.24, 2.45) is 0 Å². The van der Waals surface area contributed by atoms with E-state index in [9.17, 15) is 4.79 Å². The smallest absolute Gasteiger partial charge is 0.227 e. The Bertz CT molecular complexity index is 881. The van der Waals surface area contributed by atoms with Gasteiger partial charge in [-0.2, -0.15) is 4.68 Å². The minimum absolute atomic E-state index is 0.210. The van der Waals surface area contributed by atoms with Gasteiger partial charge in [-0.05, 0) is 40.9 Å². The van der Waals surface area contributed by atoms with E-state index >= 15 is 0 Å². The minimum Gasteiger partial charge on any atom is -0.340 e. The molecule has 4 rings (SSSR count). The summed E-state index contributed by atoms with van der Waals surface area (Å²) in [6.45, 7) is 5.89. The number of amides is 1. The van der Waals surface area contributed by atoms with Crippen LogP contribution in [-0.4, -0.2) is 62.1 Å². The Morgan fingerprint density at radius 1 is 1.11 bits per heavy atom. The molecule has 7 nitrogen and oxygen atoms in total. The molecule has 0 unspecified atom stereocenters. The van der Waals surface area contributed by atoms with Crippen molar-refractivity contribution in [1.29, 1.82) is 0 Å². The fourth-order valence-corrected chi connectivity index (χ4v) is 3.92. The fraction of sp³-hybridized carbons (Fsp3) is 0.368. The number of piperazine rings is 1. The lowest BCUT2D eigenvalue weighted by Gasteiger charge is -2.34. The van der Waals surface area contributed by atoms with Gasteiger partial charge in [-0.25, -0.2) is 0 Å². The molecule has 0 radical (unpaired) electrons. The predicted molar refractivity (Wildman–Crippen MR) is 104 cm³/mol. The normalized spacial score (nSPS) is 15.2. The van der Waals surface area contributed by atoms with Crippen molar-refractivity contribution in [3.63, 3.8) is 0 Å². The Morgan fingerprint density at radius 3 is 2.59 bits per heavy atom. The maximum atomic E-state index is 12.4. The standard InChI is InChI=1S/C19H22N6OS/c1-15-4-6-16(7-5-15)25-18(20-21-22-25)14-23-8-10-24(11-9-23)19(26)13-17-3-2-12-27-17/h2-7,12H,8-11,13-14H2,1H3. The van der Waals surface area contributed by atoms with E-state index in [0.717, 1.165) is 42.6 Å². The van der Waals surface area contributed by atoms with E-state index < -0.39 is 0 Å². The maximum Gasteiger partial charge on any atom is 0.227 e. The van der Waals surface area contributed by atoms with Crippen LogP contribution in [0.15, 0.2) is 41.8 Å². The first-order chi connectivity index (χ1) is 13.2. The summed E-state index contributed by atoms with van der Waals surface area (Å²) in [4.78, 5) is 17.8. The van der Waals surface area contributed by atoms with Crippen LogP contribution in [0.3, 0.4) is 0 Å². The highest BCUT2D eigenvalue weighted by Gasteiger charge is 2.23. The molecule has 0 N–H and O–H groups in total. The molecule has 3 heterocycles. The van der Waals surface area contributed by atoms with E-state index in [1.165, 1.54) is 5.56 Å². The maximum absolute atomic E-state index is 12.4. The van der Waals surface area contributed by atoms with Crippen molar-refractivity contribution in [2.45, 2.75) is 19.9 Å². The molecule has 1 saturated heterocycles. The molecule has 0 bridgehead atoms. The Balaban J connectivity index is 1.34. The van der Waals surface area contributed by atoms with Crippen LogP contribution in [0.4, 0.5) is 0 Å². The highest BCUT2D eigenvalue weighted by molar-refractivity contribution is 7.10. The van der Waals surface area contributed by atoms with Crippen molar-refractivity contribution in [3.8, 4) is 5.69 Å². The van der Waals surface area contributed by atoms with Crippen molar-refractivity contribution in [3.05, 3.63) is 58.0 Å². The highest BCUT2D eigenvalue weighted by Crippen LogP contribution is 2.14. The summed E-state index contributed by atoms with van der Waals surface area (Å²) in [5, 5.41) is 14.2. The third-order valence-corrected chi connectivity index (χ3v) is 5.68. The summed E-state index contributed by atoms with van der Waals surface area (Å²) < 4.78 is 1.79. The zero-order valence-electron chi connectivity index (χ0n) is 15.3. The first kappa shape index (κ1) is 17.8. The number of hydrogen-bond donors (Lipinski definition) is 0. The zero-order chi connectivity index (χ0) is 18.6. The molecule has 140 valence electrons. The van der Waals surface area contributed by atoms with Gasteiger partial charge in [0, 0.05) is 31.1 Å². The number of aromatic nitrogens is 4. The topological polar surface area (TPSA) is 67.2 Å². The fourth-order valence-electron chi connectivity index (χ4n) is 3.22. The summed E-state index contributed by atoms with van der Waals surface area (Å²) in [6.07, 6.45) is 0.503. The molecule has 1 aromatic carbocycles. The lowest BCUT2D eigenvalue weighted by atomic mass is 10.2. The van der Waals surface area contributed by atoms with E-state index in [1.807, 2.05) is 34.5 Å². The monoisotopic (exact) mass is 382 g/mol. The highest BCUT2D eigenvalue weighted by atomic mass is 32.1. The van der Waals surface area contributed by atoms with Gasteiger partial charge in [-0.15, -0.1) is 16.4 Å². The molecular weight excluding hydrogens is 360 g/mol. The van der Waals surface area contributed by atoms with E-state index in [-0.39, 0.29) is 5.91 Å². The SMILES string of the molecule is Cc1ccc(-n2nnnc2CN2CCN(C(=O)Cc3cccs3)CC2)cc1. The van der Waals surface area contributed by atoms with E-state index in [4.69, 9.17) is 0 Å². The molecule has 1 aliphatic heterocycles. The molecule has 1 aliphatic rings. The number of carbonyl (C=O) groups is 1. The number of nitrogens with zero attached hydrogens (tertiary/aromatic N) is 6. The van der Waals surface area contributed by atoms with Gasteiger partial charge in [-0.1, -0.05) is 23.8 Å². The van der Waals surface area contributed by atoms with E-state index in [2.05, 4.69) is 39.5 Å². The second-order valence-electron chi connectivity index (χ2n) is 6.76. The molecule has 0 saturated carbocycles. The summed E-state index contributed by atoms with van der Waals surface area (Å²) in [5.74, 6) is 1.03. The quantitative estimate of drug-likeness (QED) is 0.674. The minimum atomic E-state index is 0.210. The largest absolute Gasteiger partial charge is 0.340 e. The Kier molecular flexibility index (Phi) is 5.26. The molecule has 8 heteroatoms. The number of aryl methyl sites for hydroxylation is 1. The molecule has 27 heavy (non-hydrogen) atoms. The zero-order valence-corrected chi connectivity index (χ0v) is 16.1. The number of thiophene rings is 1. The van der Waals surface area contributed by atoms with Gasteiger partial charge in [0.1, 0.15) is 0 Å². The van der Waals surface area contributed by atoms with Crippen LogP contribution in [0.5, 0.6) is 0 Å². The Hall–Kier alpha value is -2.58. The lowest BCUT2D eigenvalue weighted by molar-refractivity contribution is -0.132. The third-order valence-electron chi connectivity index (χ3n) is 4.81. The van der Waals surface area contributed by atoms with E-state index in [1.54, 1.807) is 16.0 Å². The molecule has 0 spiro atoms. The number of benzene rings is 1. The van der Waals surface area contributed by atoms with Crippen LogP contribution in [0.25, 0.3) is 5.69 Å². The van der Waals surface area contributed by atoms with Crippen LogP contribution < -0.4 is 0 Å². The molecule has 0 aliphatic carbocycles. The van der Waals surface area contributed by atoms with Crippen molar-refractivity contribution >= 4 is 17.2 Å². The van der Waals surface area contributed by atoms with Crippen LogP contribution in [0.1, 0.15) is 16.3 Å². The van der Waals surface area contributed by atoms with Gasteiger partial charge in [-0.3, -0.25) is 9.69 Å². The first-order valence-corrected chi connectivity index (χ1v) is 9.94. The van der Waals surface area contributed by atoms with Crippen molar-refractivity contribution in [1.82, 2.24) is 30.0 Å². The average Bonchev–Trinajstić information content (AvgIpc) is 3.35.